The van der Waals surface area contributed by atoms with Crippen molar-refractivity contribution in [2.24, 2.45) is 4.99 Å². The van der Waals surface area contributed by atoms with E-state index in [4.69, 9.17) is 9.47 Å². The number of hydrogen-bond donors (Lipinski definition) is 4. The van der Waals surface area contributed by atoms with Gasteiger partial charge in [-0.05, 0) is 39.8 Å². The van der Waals surface area contributed by atoms with Crippen LogP contribution in [-0.4, -0.2) is 56.2 Å². The predicted octanol–water partition coefficient (Wildman–Crippen LogP) is 1.87. The number of rotatable bonds is 6. The van der Waals surface area contributed by atoms with Crippen LogP contribution in [0.4, 0.5) is 5.69 Å². The molecule has 0 spiro atoms. The standard InChI is InChI=1S/C20H31N5O4.HI/c1-5-21-17(26)12-22-19(23-13-18(27)25-20(2,3)4)24-14-7-8-15-16(11-14)29-10-6-9-28-15;/h7-8,11H,5-6,9-10,12-13H2,1-4H3,(H,21,26)(H,25,27)(H2,22,23,24);1H. The Morgan fingerprint density at radius 2 is 1.77 bits per heavy atom. The topological polar surface area (TPSA) is 113 Å². The SMILES string of the molecule is CCNC(=O)CNC(=NCC(=O)NC(C)(C)C)Nc1ccc2c(c1)OCCCO2.I. The minimum atomic E-state index is -0.344. The van der Waals surface area contributed by atoms with Crippen LogP contribution in [0.5, 0.6) is 11.5 Å². The van der Waals surface area contributed by atoms with Crippen molar-refractivity contribution in [3.63, 3.8) is 0 Å². The maximum absolute atomic E-state index is 12.1. The molecule has 1 aromatic rings. The van der Waals surface area contributed by atoms with Gasteiger partial charge in [0.05, 0.1) is 19.8 Å². The predicted molar refractivity (Wildman–Crippen MR) is 128 cm³/mol. The normalized spacial score (nSPS) is 13.4. The molecule has 0 aromatic heterocycles. The Labute approximate surface area is 194 Å². The average molecular weight is 533 g/mol. The van der Waals surface area contributed by atoms with Crippen LogP contribution in [0.15, 0.2) is 23.2 Å². The highest BCUT2D eigenvalue weighted by Crippen LogP contribution is 2.32. The minimum Gasteiger partial charge on any atom is -0.490 e. The van der Waals surface area contributed by atoms with Crippen molar-refractivity contribution in [3.8, 4) is 11.5 Å². The number of halogens is 1. The van der Waals surface area contributed by atoms with E-state index in [0.717, 1.165) is 6.42 Å². The van der Waals surface area contributed by atoms with Crippen molar-refractivity contribution in [1.82, 2.24) is 16.0 Å². The number of nitrogens with one attached hydrogen (secondary N) is 4. The number of anilines is 1. The quantitative estimate of drug-likeness (QED) is 0.253. The van der Waals surface area contributed by atoms with Gasteiger partial charge in [-0.3, -0.25) is 9.59 Å². The second kappa shape index (κ2) is 12.5. The maximum Gasteiger partial charge on any atom is 0.242 e. The van der Waals surface area contributed by atoms with Gasteiger partial charge in [0, 0.05) is 30.3 Å². The molecule has 4 N–H and O–H groups in total. The van der Waals surface area contributed by atoms with E-state index in [1.807, 2.05) is 39.8 Å². The van der Waals surface area contributed by atoms with Crippen molar-refractivity contribution in [1.29, 1.82) is 0 Å². The second-order valence-corrected chi connectivity index (χ2v) is 7.61. The molecule has 1 aromatic carbocycles. The first-order valence-electron chi connectivity index (χ1n) is 9.79. The van der Waals surface area contributed by atoms with Crippen LogP contribution < -0.4 is 30.7 Å². The van der Waals surface area contributed by atoms with E-state index in [9.17, 15) is 9.59 Å². The zero-order valence-electron chi connectivity index (χ0n) is 18.0. The summed E-state index contributed by atoms with van der Waals surface area (Å²) >= 11 is 0. The molecule has 0 bridgehead atoms. The van der Waals surface area contributed by atoms with Gasteiger partial charge < -0.3 is 30.7 Å². The third kappa shape index (κ3) is 9.51. The summed E-state index contributed by atoms with van der Waals surface area (Å²) in [7, 11) is 0. The Morgan fingerprint density at radius 1 is 1.07 bits per heavy atom. The van der Waals surface area contributed by atoms with Crippen molar-refractivity contribution in [3.05, 3.63) is 18.2 Å². The van der Waals surface area contributed by atoms with E-state index < -0.39 is 0 Å². The zero-order chi connectivity index (χ0) is 21.3. The van der Waals surface area contributed by atoms with Gasteiger partial charge in [-0.1, -0.05) is 0 Å². The third-order valence-corrected chi connectivity index (χ3v) is 3.70. The van der Waals surface area contributed by atoms with Gasteiger partial charge in [0.25, 0.3) is 0 Å². The van der Waals surface area contributed by atoms with Crippen LogP contribution >= 0.6 is 24.0 Å². The fraction of sp³-hybridized carbons (Fsp3) is 0.550. The van der Waals surface area contributed by atoms with Crippen molar-refractivity contribution in [2.45, 2.75) is 39.7 Å². The second-order valence-electron chi connectivity index (χ2n) is 7.61. The third-order valence-electron chi connectivity index (χ3n) is 3.70. The lowest BCUT2D eigenvalue weighted by Crippen LogP contribution is -2.43. The van der Waals surface area contributed by atoms with E-state index in [-0.39, 0.29) is 54.4 Å². The highest BCUT2D eigenvalue weighted by atomic mass is 127. The summed E-state index contributed by atoms with van der Waals surface area (Å²) in [5.74, 6) is 1.26. The molecule has 0 aliphatic carbocycles. The van der Waals surface area contributed by atoms with Crippen LogP contribution in [0.25, 0.3) is 0 Å². The Hall–Kier alpha value is -2.24. The largest absolute Gasteiger partial charge is 0.490 e. The van der Waals surface area contributed by atoms with Crippen LogP contribution in [0, 0.1) is 0 Å². The smallest absolute Gasteiger partial charge is 0.242 e. The summed E-state index contributed by atoms with van der Waals surface area (Å²) in [6, 6.07) is 5.45. The van der Waals surface area contributed by atoms with E-state index in [2.05, 4.69) is 26.3 Å². The number of guanidine groups is 1. The number of hydrogen-bond acceptors (Lipinski definition) is 5. The molecule has 168 valence electrons. The molecule has 0 saturated carbocycles. The van der Waals surface area contributed by atoms with E-state index in [0.29, 0.717) is 42.9 Å². The Kier molecular flexibility index (Phi) is 10.7. The number of aliphatic imine (C=N–C) groups is 1. The average Bonchev–Trinajstić information content (AvgIpc) is 2.87. The minimum absolute atomic E-state index is 0. The Morgan fingerprint density at radius 3 is 2.43 bits per heavy atom. The molecule has 1 heterocycles. The first-order chi connectivity index (χ1) is 13.8. The van der Waals surface area contributed by atoms with Gasteiger partial charge in [-0.15, -0.1) is 24.0 Å². The molecule has 0 saturated heterocycles. The molecule has 0 fully saturated rings. The molecule has 1 aliphatic heterocycles. The summed E-state index contributed by atoms with van der Waals surface area (Å²) in [4.78, 5) is 28.2. The van der Waals surface area contributed by atoms with Gasteiger partial charge in [-0.25, -0.2) is 4.99 Å². The molecular weight excluding hydrogens is 501 g/mol. The number of benzene rings is 1. The monoisotopic (exact) mass is 533 g/mol. The van der Waals surface area contributed by atoms with Crippen molar-refractivity contribution in [2.75, 3.05) is 38.2 Å². The van der Waals surface area contributed by atoms with Crippen LogP contribution in [0.3, 0.4) is 0 Å². The highest BCUT2D eigenvalue weighted by Gasteiger charge is 2.15. The molecule has 2 amide bonds. The van der Waals surface area contributed by atoms with Crippen molar-refractivity contribution >= 4 is 47.4 Å². The number of fused-ring (bicyclic) bond motifs is 1. The molecule has 9 nitrogen and oxygen atoms in total. The molecule has 0 unspecified atom stereocenters. The number of ether oxygens (including phenoxy) is 2. The molecular formula is C20H32IN5O4. The van der Waals surface area contributed by atoms with Crippen LogP contribution in [-0.2, 0) is 9.59 Å². The molecule has 2 rings (SSSR count). The summed E-state index contributed by atoms with van der Waals surface area (Å²) in [5.41, 5.74) is 0.357. The van der Waals surface area contributed by atoms with E-state index in [1.54, 1.807) is 6.07 Å². The maximum atomic E-state index is 12.1. The van der Waals surface area contributed by atoms with E-state index >= 15 is 0 Å². The highest BCUT2D eigenvalue weighted by molar-refractivity contribution is 14.0. The van der Waals surface area contributed by atoms with Gasteiger partial charge >= 0.3 is 0 Å². The summed E-state index contributed by atoms with van der Waals surface area (Å²) in [6.07, 6.45) is 0.821. The fourth-order valence-electron chi connectivity index (χ4n) is 2.55. The lowest BCUT2D eigenvalue weighted by Gasteiger charge is -2.20. The number of likely N-dealkylation sites (N-methyl/N-ethyl adjacent to an activating group) is 1. The summed E-state index contributed by atoms with van der Waals surface area (Å²) < 4.78 is 11.3. The van der Waals surface area contributed by atoms with Gasteiger partial charge in [0.2, 0.25) is 11.8 Å². The molecule has 1 aliphatic rings. The summed E-state index contributed by atoms with van der Waals surface area (Å²) in [6.45, 7) is 9.24. The Bertz CT molecular complexity index is 749. The zero-order valence-corrected chi connectivity index (χ0v) is 20.3. The number of nitrogens with zero attached hydrogens (tertiary/aromatic N) is 1. The van der Waals surface area contributed by atoms with Gasteiger partial charge in [0.15, 0.2) is 17.5 Å². The van der Waals surface area contributed by atoms with E-state index in [1.165, 1.54) is 0 Å². The molecule has 0 atom stereocenters. The lowest BCUT2D eigenvalue weighted by molar-refractivity contribution is -0.121. The van der Waals surface area contributed by atoms with Gasteiger partial charge in [-0.2, -0.15) is 0 Å². The number of carbonyl (C=O) groups is 2. The molecule has 30 heavy (non-hydrogen) atoms. The van der Waals surface area contributed by atoms with Gasteiger partial charge in [0.1, 0.15) is 6.54 Å². The van der Waals surface area contributed by atoms with Crippen molar-refractivity contribution < 1.29 is 19.1 Å². The number of carbonyl (C=O) groups excluding carboxylic acids is 2. The number of amides is 2. The van der Waals surface area contributed by atoms with Crippen LogP contribution in [0.2, 0.25) is 0 Å². The Balaban J connectivity index is 0.00000450. The molecule has 10 heteroatoms. The molecule has 0 radical (unpaired) electrons. The van der Waals surface area contributed by atoms with Crippen LogP contribution in [0.1, 0.15) is 34.1 Å². The fourth-order valence-corrected chi connectivity index (χ4v) is 2.55. The first-order valence-corrected chi connectivity index (χ1v) is 9.79. The first kappa shape index (κ1) is 25.8. The summed E-state index contributed by atoms with van der Waals surface area (Å²) in [5, 5.41) is 11.6. The lowest BCUT2D eigenvalue weighted by atomic mass is 10.1.